The molecule has 7 heteroatoms. The Hall–Kier alpha value is -4.00. The van der Waals surface area contributed by atoms with Crippen LogP contribution in [0.1, 0.15) is 44.6 Å². The number of amides is 1. The SMILES string of the molecule is CC(=O)Nc1cccc2c(Oc3ncccc3-c3ccnc(NC4CCCCC4)n3)c(C)ccc12. The molecule has 0 spiro atoms. The van der Waals surface area contributed by atoms with E-state index in [1.807, 2.05) is 55.5 Å². The summed E-state index contributed by atoms with van der Waals surface area (Å²) in [6.45, 7) is 3.50. The number of nitrogens with zero attached hydrogens (tertiary/aromatic N) is 3. The molecule has 0 atom stereocenters. The number of rotatable bonds is 6. The molecule has 0 unspecified atom stereocenters. The van der Waals surface area contributed by atoms with Gasteiger partial charge in [-0.05, 0) is 49.6 Å². The van der Waals surface area contributed by atoms with Gasteiger partial charge in [-0.15, -0.1) is 0 Å². The van der Waals surface area contributed by atoms with E-state index >= 15 is 0 Å². The molecule has 0 saturated heterocycles. The lowest BCUT2D eigenvalue weighted by Crippen LogP contribution is -2.23. The number of aryl methyl sites for hydroxylation is 1. The number of ether oxygens (including phenoxy) is 1. The van der Waals surface area contributed by atoms with E-state index in [2.05, 4.69) is 20.6 Å². The summed E-state index contributed by atoms with van der Waals surface area (Å²) in [4.78, 5) is 25.5. The molecule has 178 valence electrons. The Labute approximate surface area is 205 Å². The topological polar surface area (TPSA) is 89.0 Å². The first-order chi connectivity index (χ1) is 17.1. The minimum absolute atomic E-state index is 0.117. The molecule has 0 aliphatic heterocycles. The molecule has 2 aromatic carbocycles. The van der Waals surface area contributed by atoms with E-state index in [1.54, 1.807) is 12.4 Å². The van der Waals surface area contributed by atoms with Gasteiger partial charge in [0.2, 0.25) is 17.7 Å². The van der Waals surface area contributed by atoms with Crippen molar-refractivity contribution in [3.05, 3.63) is 66.5 Å². The quantitative estimate of drug-likeness (QED) is 0.337. The van der Waals surface area contributed by atoms with Crippen LogP contribution < -0.4 is 15.4 Å². The van der Waals surface area contributed by atoms with Crippen molar-refractivity contribution < 1.29 is 9.53 Å². The van der Waals surface area contributed by atoms with Crippen molar-refractivity contribution in [2.45, 2.75) is 52.0 Å². The van der Waals surface area contributed by atoms with Crippen LogP contribution in [0, 0.1) is 6.92 Å². The van der Waals surface area contributed by atoms with Crippen molar-refractivity contribution in [2.24, 2.45) is 0 Å². The highest BCUT2D eigenvalue weighted by Crippen LogP contribution is 2.38. The highest BCUT2D eigenvalue weighted by molar-refractivity contribution is 6.04. The van der Waals surface area contributed by atoms with Gasteiger partial charge in [0.15, 0.2) is 0 Å². The molecule has 1 fully saturated rings. The van der Waals surface area contributed by atoms with Gasteiger partial charge < -0.3 is 15.4 Å². The Morgan fingerprint density at radius 2 is 1.80 bits per heavy atom. The number of aromatic nitrogens is 3. The van der Waals surface area contributed by atoms with E-state index in [4.69, 9.17) is 9.72 Å². The van der Waals surface area contributed by atoms with Crippen LogP contribution in [0.3, 0.4) is 0 Å². The summed E-state index contributed by atoms with van der Waals surface area (Å²) < 4.78 is 6.45. The van der Waals surface area contributed by atoms with Gasteiger partial charge in [-0.25, -0.2) is 15.0 Å². The van der Waals surface area contributed by atoms with Crippen molar-refractivity contribution >= 4 is 28.3 Å². The molecular formula is C28H29N5O2. The van der Waals surface area contributed by atoms with Gasteiger partial charge in [-0.3, -0.25) is 4.79 Å². The lowest BCUT2D eigenvalue weighted by molar-refractivity contribution is -0.114. The molecule has 0 radical (unpaired) electrons. The maximum Gasteiger partial charge on any atom is 0.228 e. The van der Waals surface area contributed by atoms with Gasteiger partial charge in [0.1, 0.15) is 5.75 Å². The van der Waals surface area contributed by atoms with Gasteiger partial charge in [-0.1, -0.05) is 43.5 Å². The first-order valence-electron chi connectivity index (χ1n) is 12.1. The van der Waals surface area contributed by atoms with Gasteiger partial charge in [0, 0.05) is 41.8 Å². The molecule has 5 rings (SSSR count). The van der Waals surface area contributed by atoms with Crippen molar-refractivity contribution in [1.29, 1.82) is 0 Å². The standard InChI is InChI=1S/C28H29N5O2/c1-18-13-14-21-22(10-6-12-24(21)31-19(2)34)26(18)35-27-23(11-7-16-29-27)25-15-17-30-28(33-25)32-20-8-4-3-5-9-20/h6-7,10-17,20H,3-5,8-9H2,1-2H3,(H,31,34)(H,30,32,33). The number of anilines is 2. The van der Waals surface area contributed by atoms with E-state index in [1.165, 1.54) is 26.2 Å². The second-order valence-corrected chi connectivity index (χ2v) is 9.00. The summed E-state index contributed by atoms with van der Waals surface area (Å²) in [7, 11) is 0. The predicted octanol–water partition coefficient (Wildman–Crippen LogP) is 6.50. The first kappa shape index (κ1) is 22.8. The molecule has 7 nitrogen and oxygen atoms in total. The maximum absolute atomic E-state index is 11.7. The van der Waals surface area contributed by atoms with Crippen LogP contribution in [0.15, 0.2) is 60.9 Å². The monoisotopic (exact) mass is 467 g/mol. The molecule has 35 heavy (non-hydrogen) atoms. The Kier molecular flexibility index (Phi) is 6.57. The number of carbonyl (C=O) groups excluding carboxylic acids is 1. The zero-order valence-electron chi connectivity index (χ0n) is 20.0. The molecule has 0 bridgehead atoms. The molecule has 2 N–H and O–H groups in total. The third-order valence-corrected chi connectivity index (χ3v) is 6.36. The summed E-state index contributed by atoms with van der Waals surface area (Å²) >= 11 is 0. The van der Waals surface area contributed by atoms with E-state index in [0.717, 1.165) is 46.1 Å². The summed E-state index contributed by atoms with van der Waals surface area (Å²) in [6.07, 6.45) is 9.57. The molecule has 1 aliphatic rings. The second-order valence-electron chi connectivity index (χ2n) is 9.00. The zero-order valence-corrected chi connectivity index (χ0v) is 20.0. The normalized spacial score (nSPS) is 14.0. The van der Waals surface area contributed by atoms with Crippen molar-refractivity contribution in [3.8, 4) is 22.9 Å². The van der Waals surface area contributed by atoms with Gasteiger partial charge in [0.05, 0.1) is 11.3 Å². The molecule has 2 heterocycles. The highest BCUT2D eigenvalue weighted by Gasteiger charge is 2.17. The van der Waals surface area contributed by atoms with Crippen molar-refractivity contribution in [3.63, 3.8) is 0 Å². The van der Waals surface area contributed by atoms with Gasteiger partial charge >= 0.3 is 0 Å². The number of carbonyl (C=O) groups is 1. The number of nitrogens with one attached hydrogen (secondary N) is 2. The third-order valence-electron chi connectivity index (χ3n) is 6.36. The van der Waals surface area contributed by atoms with Crippen LogP contribution >= 0.6 is 0 Å². The maximum atomic E-state index is 11.7. The van der Waals surface area contributed by atoms with Gasteiger partial charge in [-0.2, -0.15) is 0 Å². The molecule has 4 aromatic rings. The van der Waals surface area contributed by atoms with Crippen LogP contribution in [-0.4, -0.2) is 26.9 Å². The number of hydrogen-bond donors (Lipinski definition) is 2. The van der Waals surface area contributed by atoms with Crippen LogP contribution in [-0.2, 0) is 4.79 Å². The fraction of sp³-hybridized carbons (Fsp3) is 0.286. The second kappa shape index (κ2) is 10.1. The van der Waals surface area contributed by atoms with Crippen LogP contribution in [0.2, 0.25) is 0 Å². The van der Waals surface area contributed by atoms with Crippen LogP contribution in [0.25, 0.3) is 22.0 Å². The third kappa shape index (κ3) is 5.09. The Bertz CT molecular complexity index is 1360. The molecule has 2 aromatic heterocycles. The average molecular weight is 468 g/mol. The number of benzene rings is 2. The van der Waals surface area contributed by atoms with E-state index < -0.39 is 0 Å². The fourth-order valence-corrected chi connectivity index (χ4v) is 4.64. The fourth-order valence-electron chi connectivity index (χ4n) is 4.64. The number of hydrogen-bond acceptors (Lipinski definition) is 6. The van der Waals surface area contributed by atoms with Gasteiger partial charge in [0.25, 0.3) is 0 Å². The van der Waals surface area contributed by atoms with Crippen LogP contribution in [0.5, 0.6) is 11.6 Å². The minimum Gasteiger partial charge on any atom is -0.437 e. The number of fused-ring (bicyclic) bond motifs is 1. The zero-order chi connectivity index (χ0) is 24.2. The Balaban J connectivity index is 1.49. The minimum atomic E-state index is -0.117. The first-order valence-corrected chi connectivity index (χ1v) is 12.1. The Morgan fingerprint density at radius 1 is 0.943 bits per heavy atom. The Morgan fingerprint density at radius 3 is 2.63 bits per heavy atom. The summed E-state index contributed by atoms with van der Waals surface area (Å²) in [5.74, 6) is 1.68. The average Bonchev–Trinajstić information content (AvgIpc) is 2.87. The summed E-state index contributed by atoms with van der Waals surface area (Å²) in [6, 6.07) is 15.9. The molecule has 1 saturated carbocycles. The van der Waals surface area contributed by atoms with E-state index in [-0.39, 0.29) is 5.91 Å². The largest absolute Gasteiger partial charge is 0.437 e. The lowest BCUT2D eigenvalue weighted by atomic mass is 9.96. The molecule has 1 amide bonds. The van der Waals surface area contributed by atoms with Crippen molar-refractivity contribution in [2.75, 3.05) is 10.6 Å². The van der Waals surface area contributed by atoms with Crippen molar-refractivity contribution in [1.82, 2.24) is 15.0 Å². The van der Waals surface area contributed by atoms with Crippen LogP contribution in [0.4, 0.5) is 11.6 Å². The predicted molar refractivity (Wildman–Crippen MR) is 139 cm³/mol. The summed E-state index contributed by atoms with van der Waals surface area (Å²) in [5, 5.41) is 8.20. The lowest BCUT2D eigenvalue weighted by Gasteiger charge is -2.22. The smallest absolute Gasteiger partial charge is 0.228 e. The summed E-state index contributed by atoms with van der Waals surface area (Å²) in [5.41, 5.74) is 3.25. The highest BCUT2D eigenvalue weighted by atomic mass is 16.5. The molecule has 1 aliphatic carbocycles. The number of pyridine rings is 1. The molecular weight excluding hydrogens is 438 g/mol. The van der Waals surface area contributed by atoms with E-state index in [0.29, 0.717) is 23.6 Å². The van der Waals surface area contributed by atoms with E-state index in [9.17, 15) is 4.79 Å².